The Morgan fingerprint density at radius 3 is 2.17 bits per heavy atom. The third kappa shape index (κ3) is 13.8. The van der Waals surface area contributed by atoms with Crippen LogP contribution < -0.4 is 15.4 Å². The molecule has 4 fully saturated rings. The van der Waals surface area contributed by atoms with Crippen LogP contribution in [0, 0.1) is 23.2 Å². The average Bonchev–Trinajstić information content (AvgIpc) is 3.92. The number of aromatic nitrogens is 1. The van der Waals surface area contributed by atoms with Crippen LogP contribution in [0.2, 0.25) is 0 Å². The monoisotopic (exact) mass is 890 g/mol. The van der Waals surface area contributed by atoms with Crippen LogP contribution in [-0.2, 0) is 24.0 Å². The molecule has 1 aromatic carbocycles. The number of benzene rings is 1. The summed E-state index contributed by atoms with van der Waals surface area (Å²) in [5, 5.41) is 43.9. The lowest BCUT2D eigenvalue weighted by Gasteiger charge is -2.40. The summed E-state index contributed by atoms with van der Waals surface area (Å²) in [7, 11) is 0. The Hall–Kier alpha value is -5.46. The zero-order valence-electron chi connectivity index (χ0n) is 36.6. The summed E-state index contributed by atoms with van der Waals surface area (Å²) in [6.45, 7) is 7.50. The smallest absolute Gasteiger partial charge is 0.317 e. The van der Waals surface area contributed by atoms with E-state index < -0.39 is 23.9 Å². The van der Waals surface area contributed by atoms with Crippen LogP contribution in [0.4, 0.5) is 0 Å². The Bertz CT molecular complexity index is 2020. The van der Waals surface area contributed by atoms with Gasteiger partial charge >= 0.3 is 17.9 Å². The van der Waals surface area contributed by atoms with Gasteiger partial charge in [0.2, 0.25) is 11.8 Å². The van der Waals surface area contributed by atoms with E-state index in [1.54, 1.807) is 31.9 Å². The molecule has 3 saturated heterocycles. The molecule has 4 aliphatic rings. The molecule has 348 valence electrons. The van der Waals surface area contributed by atoms with Crippen molar-refractivity contribution in [3.63, 3.8) is 0 Å². The number of carboxylic acids is 3. The van der Waals surface area contributed by atoms with E-state index in [9.17, 15) is 44.2 Å². The fourth-order valence-electron chi connectivity index (χ4n) is 9.05. The van der Waals surface area contributed by atoms with Crippen LogP contribution in [-0.4, -0.2) is 215 Å². The first-order chi connectivity index (χ1) is 30.8. The number of nitrogens with one attached hydrogen (secondary N) is 2. The molecule has 3 amide bonds. The molecule has 0 spiro atoms. The summed E-state index contributed by atoms with van der Waals surface area (Å²) in [4.78, 5) is 88.6. The lowest BCUT2D eigenvalue weighted by molar-refractivity contribution is -0.140. The van der Waals surface area contributed by atoms with Gasteiger partial charge in [0.15, 0.2) is 0 Å². The van der Waals surface area contributed by atoms with Gasteiger partial charge in [-0.1, -0.05) is 6.92 Å². The minimum atomic E-state index is -1.03. The number of rotatable bonds is 26. The predicted molar refractivity (Wildman–Crippen MR) is 232 cm³/mol. The summed E-state index contributed by atoms with van der Waals surface area (Å²) < 4.78 is 6.29. The van der Waals surface area contributed by atoms with Crippen molar-refractivity contribution in [3.8, 4) is 11.8 Å². The van der Waals surface area contributed by atoms with E-state index in [-0.39, 0.29) is 69.1 Å². The lowest BCUT2D eigenvalue weighted by Crippen LogP contribution is -2.54. The van der Waals surface area contributed by atoms with Crippen LogP contribution in [0.25, 0.3) is 10.9 Å². The van der Waals surface area contributed by atoms with Crippen LogP contribution in [0.5, 0.6) is 5.75 Å². The molecule has 4 heterocycles. The molecule has 0 radical (unpaired) electrons. The molecule has 20 nitrogen and oxygen atoms in total. The zero-order valence-corrected chi connectivity index (χ0v) is 36.6. The number of carbonyl (C=O) groups excluding carboxylic acids is 3. The van der Waals surface area contributed by atoms with Gasteiger partial charge in [-0.3, -0.25) is 53.4 Å². The summed E-state index contributed by atoms with van der Waals surface area (Å²) in [6, 6.07) is 9.02. The van der Waals surface area contributed by atoms with Gasteiger partial charge in [-0.25, -0.2) is 0 Å². The van der Waals surface area contributed by atoms with Gasteiger partial charge in [0, 0.05) is 83.1 Å². The molecule has 1 aliphatic carbocycles. The molecule has 5 N–H and O–H groups in total. The number of ether oxygens (including phenoxy) is 1. The van der Waals surface area contributed by atoms with Crippen molar-refractivity contribution in [2.24, 2.45) is 11.8 Å². The van der Waals surface area contributed by atoms with Gasteiger partial charge in [0.1, 0.15) is 17.9 Å². The first-order valence-corrected chi connectivity index (χ1v) is 22.4. The minimum absolute atomic E-state index is 0.00358. The molecular formula is C44H62N10O10. The quantitative estimate of drug-likeness (QED) is 0.0776. The van der Waals surface area contributed by atoms with E-state index in [1.165, 1.54) is 0 Å². The maximum Gasteiger partial charge on any atom is 0.317 e. The largest absolute Gasteiger partial charge is 0.488 e. The predicted octanol–water partition coefficient (Wildman–Crippen LogP) is -0.0614. The second kappa shape index (κ2) is 22.9. The normalized spacial score (nSPS) is 20.0. The molecule has 1 aromatic heterocycles. The SMILES string of the molecule is CCN(CCN(CCN(CCNCC(=O)N1CCC(CCN2CC(Oc3ccc4nccc(C(=O)NCC(=O)N5[C@H](C#N)C[C@@H]6C[C@@H]65)c4c3)C2)CC1)CC(=O)O)CC(=O)O)CC(=O)O. The zero-order chi connectivity index (χ0) is 45.8. The second-order valence-electron chi connectivity index (χ2n) is 17.4. The third-order valence-electron chi connectivity index (χ3n) is 12.8. The van der Waals surface area contributed by atoms with Crippen molar-refractivity contribution in [1.29, 1.82) is 5.26 Å². The summed E-state index contributed by atoms with van der Waals surface area (Å²) >= 11 is 0. The number of hydrogen-bond donors (Lipinski definition) is 5. The van der Waals surface area contributed by atoms with Crippen molar-refractivity contribution < 1.29 is 48.8 Å². The Morgan fingerprint density at radius 2 is 1.52 bits per heavy atom. The number of carbonyl (C=O) groups is 6. The van der Waals surface area contributed by atoms with Crippen LogP contribution in [0.1, 0.15) is 49.4 Å². The topological polar surface area (TPSA) is 253 Å². The van der Waals surface area contributed by atoms with Crippen molar-refractivity contribution in [2.75, 3.05) is 111 Å². The number of carboxylic acid groups (broad SMARTS) is 3. The lowest BCUT2D eigenvalue weighted by atomic mass is 9.92. The van der Waals surface area contributed by atoms with Gasteiger partial charge in [0.25, 0.3) is 5.91 Å². The van der Waals surface area contributed by atoms with E-state index in [0.717, 1.165) is 45.3 Å². The first kappa shape index (κ1) is 48.0. The Morgan fingerprint density at radius 1 is 0.859 bits per heavy atom. The van der Waals surface area contributed by atoms with Gasteiger partial charge < -0.3 is 40.5 Å². The standard InChI is InChI=1S/C44H62N10O10/c1-2-49(27-41(57)58)15-16-51(29-43(61)62)18-17-50(28-42(59)60)14-10-46-23-39(55)53-12-7-30(8-13-53)6-11-52-25-34(26-52)64-33-3-4-37-36(21-33)35(5-9-47-37)44(63)48-24-40(56)54-32(22-45)19-31-20-38(31)54/h3-5,9,21,30-32,34,38,46H,2,6-8,10-20,23-29H2,1H3,(H,48,63)(H,57,58)(H,59,60)(H,61,62)/t31-,32+,38+/m1/s1. The van der Waals surface area contributed by atoms with Gasteiger partial charge in [-0.05, 0) is 81.3 Å². The summed E-state index contributed by atoms with van der Waals surface area (Å²) in [5.74, 6) is -2.09. The molecule has 2 aromatic rings. The molecule has 20 heteroatoms. The number of piperidine rings is 2. The number of nitrogens with zero attached hydrogens (tertiary/aromatic N) is 8. The Labute approximate surface area is 373 Å². The van der Waals surface area contributed by atoms with E-state index in [2.05, 4.69) is 26.6 Å². The highest BCUT2D eigenvalue weighted by atomic mass is 16.5. The highest BCUT2D eigenvalue weighted by Gasteiger charge is 2.54. The maximum atomic E-state index is 13.2. The van der Waals surface area contributed by atoms with E-state index in [4.69, 9.17) is 9.84 Å². The van der Waals surface area contributed by atoms with E-state index in [1.807, 2.05) is 30.0 Å². The van der Waals surface area contributed by atoms with Crippen LogP contribution >= 0.6 is 0 Å². The van der Waals surface area contributed by atoms with Crippen LogP contribution in [0.3, 0.4) is 0 Å². The molecule has 3 aliphatic heterocycles. The highest BCUT2D eigenvalue weighted by Crippen LogP contribution is 2.47. The fraction of sp³-hybridized carbons (Fsp3) is 0.636. The molecule has 0 unspecified atom stereocenters. The molecular weight excluding hydrogens is 829 g/mol. The van der Waals surface area contributed by atoms with Gasteiger partial charge in [0.05, 0.1) is 49.9 Å². The number of aliphatic carboxylic acids is 3. The van der Waals surface area contributed by atoms with Crippen molar-refractivity contribution in [1.82, 2.24) is 45.0 Å². The summed E-state index contributed by atoms with van der Waals surface area (Å²) in [5.41, 5.74) is 1.04. The molecule has 6 rings (SSSR count). The first-order valence-electron chi connectivity index (χ1n) is 22.4. The van der Waals surface area contributed by atoms with Crippen molar-refractivity contribution in [3.05, 3.63) is 36.0 Å². The van der Waals surface area contributed by atoms with Crippen molar-refractivity contribution >= 4 is 46.5 Å². The second-order valence-corrected chi connectivity index (χ2v) is 17.4. The van der Waals surface area contributed by atoms with Crippen molar-refractivity contribution in [2.45, 2.75) is 57.2 Å². The van der Waals surface area contributed by atoms with E-state index >= 15 is 0 Å². The van der Waals surface area contributed by atoms with E-state index in [0.29, 0.717) is 92.8 Å². The molecule has 3 atom stereocenters. The number of likely N-dealkylation sites (N-methyl/N-ethyl adjacent to an activating group) is 1. The highest BCUT2D eigenvalue weighted by molar-refractivity contribution is 6.07. The molecule has 64 heavy (non-hydrogen) atoms. The fourth-order valence-corrected chi connectivity index (χ4v) is 9.05. The average molecular weight is 891 g/mol. The maximum absolute atomic E-state index is 13.2. The number of likely N-dealkylation sites (tertiary alicyclic amines) is 3. The summed E-state index contributed by atoms with van der Waals surface area (Å²) in [6.07, 6.45) is 6.06. The number of amides is 3. The number of nitriles is 1. The molecule has 0 bridgehead atoms. The number of pyridine rings is 1. The number of fused-ring (bicyclic) bond motifs is 2. The minimum Gasteiger partial charge on any atom is -0.488 e. The Kier molecular flexibility index (Phi) is 17.2. The third-order valence-corrected chi connectivity index (χ3v) is 12.8. The van der Waals surface area contributed by atoms with Gasteiger partial charge in [-0.15, -0.1) is 0 Å². The van der Waals surface area contributed by atoms with Gasteiger partial charge in [-0.2, -0.15) is 5.26 Å². The van der Waals surface area contributed by atoms with Crippen LogP contribution in [0.15, 0.2) is 30.5 Å². The Balaban J connectivity index is 0.851. The molecule has 1 saturated carbocycles. The number of hydrogen-bond acceptors (Lipinski definition) is 14.